The van der Waals surface area contributed by atoms with Gasteiger partial charge in [0.15, 0.2) is 6.29 Å². The highest BCUT2D eigenvalue weighted by molar-refractivity contribution is 6.01. The molecule has 11 heteroatoms. The lowest BCUT2D eigenvalue weighted by atomic mass is 9.94. The Bertz CT molecular complexity index is 1320. The zero-order chi connectivity index (χ0) is 27.5. The predicted octanol–water partition coefficient (Wildman–Crippen LogP) is 2.72. The molecular formula is C28H32N6O5. The quantitative estimate of drug-likeness (QED) is 0.538. The van der Waals surface area contributed by atoms with Crippen LogP contribution in [0.4, 0.5) is 16.4 Å². The molecule has 2 aromatic heterocycles. The van der Waals surface area contributed by atoms with Gasteiger partial charge in [0, 0.05) is 50.3 Å². The highest BCUT2D eigenvalue weighted by atomic mass is 16.5. The number of methoxy groups -OCH3 is 1. The number of hydrogen-bond donors (Lipinski definition) is 1. The van der Waals surface area contributed by atoms with E-state index in [1.807, 2.05) is 13.0 Å². The molecule has 204 valence electrons. The molecule has 0 aliphatic carbocycles. The number of urea groups is 1. The minimum Gasteiger partial charge on any atom is -0.379 e. The largest absolute Gasteiger partial charge is 0.379 e. The number of likely N-dealkylation sites (tertiary alicyclic amines) is 1. The van der Waals surface area contributed by atoms with E-state index >= 15 is 0 Å². The van der Waals surface area contributed by atoms with Crippen molar-refractivity contribution in [2.75, 3.05) is 43.6 Å². The first kappa shape index (κ1) is 26.7. The lowest BCUT2D eigenvalue weighted by molar-refractivity contribution is -0.131. The third kappa shape index (κ3) is 5.48. The van der Waals surface area contributed by atoms with Crippen LogP contribution in [0, 0.1) is 23.2 Å². The van der Waals surface area contributed by atoms with Gasteiger partial charge in [-0.3, -0.25) is 19.8 Å². The number of fused-ring (bicyclic) bond motifs is 1. The first-order valence-electron chi connectivity index (χ1n) is 13.3. The van der Waals surface area contributed by atoms with Gasteiger partial charge in [0.1, 0.15) is 23.4 Å². The molecule has 3 atom stereocenters. The lowest BCUT2D eigenvalue weighted by Gasteiger charge is -2.29. The van der Waals surface area contributed by atoms with Crippen LogP contribution in [0.1, 0.15) is 52.5 Å². The second-order valence-corrected chi connectivity index (χ2v) is 10.4. The van der Waals surface area contributed by atoms with E-state index in [0.29, 0.717) is 74.7 Å². The van der Waals surface area contributed by atoms with E-state index in [1.54, 1.807) is 18.1 Å². The van der Waals surface area contributed by atoms with Crippen LogP contribution in [0.5, 0.6) is 0 Å². The first-order valence-corrected chi connectivity index (χ1v) is 13.3. The van der Waals surface area contributed by atoms with Gasteiger partial charge in [0.25, 0.3) is 0 Å². The molecule has 2 aromatic rings. The maximum Gasteiger partial charge on any atom is 0.328 e. The molecular weight excluding hydrogens is 500 g/mol. The average Bonchev–Trinajstić information content (AvgIpc) is 3.53. The number of nitrogens with zero attached hydrogens (tertiary/aromatic N) is 5. The van der Waals surface area contributed by atoms with Gasteiger partial charge in [-0.25, -0.2) is 14.8 Å². The molecule has 0 radical (unpaired) electrons. The maximum absolute atomic E-state index is 13.4. The average molecular weight is 533 g/mol. The third-order valence-corrected chi connectivity index (χ3v) is 7.83. The third-order valence-electron chi connectivity index (χ3n) is 7.83. The van der Waals surface area contributed by atoms with Crippen LogP contribution in [0.25, 0.3) is 0 Å². The Morgan fingerprint density at radius 2 is 2.15 bits per heavy atom. The van der Waals surface area contributed by atoms with Gasteiger partial charge in [-0.15, -0.1) is 0 Å². The number of anilines is 2. The molecule has 5 rings (SSSR count). The summed E-state index contributed by atoms with van der Waals surface area (Å²) in [4.78, 5) is 49.9. The zero-order valence-electron chi connectivity index (χ0n) is 22.2. The fourth-order valence-electron chi connectivity index (χ4n) is 5.57. The number of nitrogens with one attached hydrogen (secondary N) is 1. The van der Waals surface area contributed by atoms with Crippen molar-refractivity contribution in [2.45, 2.75) is 45.3 Å². The Morgan fingerprint density at radius 1 is 1.31 bits per heavy atom. The molecule has 0 unspecified atom stereocenters. The number of hydrogen-bond acceptors (Lipinski definition) is 8. The smallest absolute Gasteiger partial charge is 0.328 e. The molecule has 2 fully saturated rings. The topological polar surface area (TPSA) is 138 Å². The van der Waals surface area contributed by atoms with Crippen LogP contribution in [-0.2, 0) is 33.7 Å². The minimum atomic E-state index is -0.418. The Hall–Kier alpha value is -3.88. The van der Waals surface area contributed by atoms with E-state index in [9.17, 15) is 19.6 Å². The normalized spacial score (nSPS) is 22.5. The molecule has 2 saturated heterocycles. The van der Waals surface area contributed by atoms with Crippen molar-refractivity contribution in [1.82, 2.24) is 14.9 Å². The number of aldehydes is 1. The van der Waals surface area contributed by atoms with Gasteiger partial charge in [-0.05, 0) is 48.9 Å². The van der Waals surface area contributed by atoms with Gasteiger partial charge < -0.3 is 14.4 Å². The fraction of sp³-hybridized carbons (Fsp3) is 0.500. The number of aryl methyl sites for hydroxylation is 1. The van der Waals surface area contributed by atoms with Gasteiger partial charge in [-0.2, -0.15) is 5.26 Å². The zero-order valence-corrected chi connectivity index (χ0v) is 22.2. The molecule has 11 nitrogen and oxygen atoms in total. The highest BCUT2D eigenvalue weighted by Crippen LogP contribution is 2.30. The number of carbonyl (C=O) groups is 3. The number of rotatable bonds is 7. The Kier molecular flexibility index (Phi) is 7.86. The Balaban J connectivity index is 1.35. The molecule has 3 aliphatic heterocycles. The van der Waals surface area contributed by atoms with Crippen molar-refractivity contribution >= 4 is 29.9 Å². The van der Waals surface area contributed by atoms with Crippen molar-refractivity contribution in [3.05, 3.63) is 46.3 Å². The van der Waals surface area contributed by atoms with E-state index < -0.39 is 6.03 Å². The summed E-state index contributed by atoms with van der Waals surface area (Å²) in [6.45, 7) is 4.38. The van der Waals surface area contributed by atoms with Gasteiger partial charge in [0.05, 0.1) is 24.9 Å². The summed E-state index contributed by atoms with van der Waals surface area (Å²) >= 11 is 0. The lowest BCUT2D eigenvalue weighted by Crippen LogP contribution is -2.40. The summed E-state index contributed by atoms with van der Waals surface area (Å²) in [6, 6.07) is 5.37. The van der Waals surface area contributed by atoms with Crippen LogP contribution < -0.4 is 10.2 Å². The second-order valence-electron chi connectivity index (χ2n) is 10.4. The Labute approximate surface area is 227 Å². The van der Waals surface area contributed by atoms with Crippen LogP contribution >= 0.6 is 0 Å². The van der Waals surface area contributed by atoms with Gasteiger partial charge >= 0.3 is 6.03 Å². The number of amides is 3. The van der Waals surface area contributed by atoms with E-state index in [1.165, 1.54) is 11.1 Å². The fourth-order valence-corrected chi connectivity index (χ4v) is 5.57. The van der Waals surface area contributed by atoms with Crippen molar-refractivity contribution in [3.8, 4) is 6.07 Å². The summed E-state index contributed by atoms with van der Waals surface area (Å²) in [5.74, 6) is 0.923. The van der Waals surface area contributed by atoms with E-state index in [-0.39, 0.29) is 29.5 Å². The van der Waals surface area contributed by atoms with Crippen molar-refractivity contribution in [2.24, 2.45) is 11.8 Å². The molecule has 0 saturated carbocycles. The van der Waals surface area contributed by atoms with Crippen molar-refractivity contribution < 1.29 is 23.9 Å². The molecule has 1 N–H and O–H groups in total. The van der Waals surface area contributed by atoms with E-state index in [4.69, 9.17) is 9.47 Å². The molecule has 3 aliphatic rings. The molecule has 0 aromatic carbocycles. The van der Waals surface area contributed by atoms with Crippen LogP contribution in [0.3, 0.4) is 0 Å². The molecule has 3 amide bonds. The van der Waals surface area contributed by atoms with Gasteiger partial charge in [0.2, 0.25) is 5.91 Å². The summed E-state index contributed by atoms with van der Waals surface area (Å²) in [6.07, 6.45) is 4.89. The monoisotopic (exact) mass is 532 g/mol. The number of nitriles is 1. The number of carbonyl (C=O) groups excluding carboxylic acids is 3. The number of pyridine rings is 2. The Morgan fingerprint density at radius 3 is 2.87 bits per heavy atom. The van der Waals surface area contributed by atoms with Crippen LogP contribution in [-0.4, -0.2) is 72.6 Å². The number of aromatic nitrogens is 2. The van der Waals surface area contributed by atoms with Crippen molar-refractivity contribution in [3.63, 3.8) is 0 Å². The van der Waals surface area contributed by atoms with Crippen LogP contribution in [0.15, 0.2) is 18.3 Å². The van der Waals surface area contributed by atoms with E-state index in [2.05, 4.69) is 21.4 Å². The molecule has 0 spiro atoms. The summed E-state index contributed by atoms with van der Waals surface area (Å²) in [5, 5.41) is 12.4. The molecule has 0 bridgehead atoms. The standard InChI is InChI=1S/C28H32N6O5/c1-17-5-7-33(27(17)36)13-20-8-18-4-3-6-34(26(18)31-23(20)14-35)28(37)32-25-10-19(22(11-29)12-30-25)9-21-15-39-16-24(21)38-2/h8,10,12,14,17,21,24H,3-7,9,13,15-16H2,1-2H3,(H,30,32,37)/t17-,21-,24-/m0/s1. The molecule has 5 heterocycles. The SMILES string of the molecule is CO[C@H]1COC[C@@H]1Cc1cc(NC(=O)N2CCCc3cc(CN4CC[C@H](C)C4=O)c(C=O)nc32)ncc1C#N. The summed E-state index contributed by atoms with van der Waals surface area (Å²) < 4.78 is 11.0. The number of ether oxygens (including phenoxy) is 2. The van der Waals surface area contributed by atoms with E-state index in [0.717, 1.165) is 24.0 Å². The predicted molar refractivity (Wildman–Crippen MR) is 141 cm³/mol. The second kappa shape index (κ2) is 11.5. The first-order chi connectivity index (χ1) is 18.9. The van der Waals surface area contributed by atoms with Gasteiger partial charge in [-0.1, -0.05) is 6.92 Å². The highest BCUT2D eigenvalue weighted by Gasteiger charge is 2.31. The van der Waals surface area contributed by atoms with Crippen LogP contribution in [0.2, 0.25) is 0 Å². The molecule has 39 heavy (non-hydrogen) atoms. The summed E-state index contributed by atoms with van der Waals surface area (Å²) in [5.41, 5.74) is 2.98. The maximum atomic E-state index is 13.4. The van der Waals surface area contributed by atoms with Crippen molar-refractivity contribution in [1.29, 1.82) is 5.26 Å². The minimum absolute atomic E-state index is 0.0151. The summed E-state index contributed by atoms with van der Waals surface area (Å²) in [7, 11) is 1.64.